The van der Waals surface area contributed by atoms with Crippen molar-refractivity contribution in [3.05, 3.63) is 35.4 Å². The Hall–Kier alpha value is -0.820. The second-order valence-electron chi connectivity index (χ2n) is 5.50. The highest BCUT2D eigenvalue weighted by Crippen LogP contribution is 2.14. The summed E-state index contributed by atoms with van der Waals surface area (Å²) in [5.41, 5.74) is 2.81. The summed E-state index contributed by atoms with van der Waals surface area (Å²) in [6, 6.07) is 10.4. The van der Waals surface area contributed by atoms with Crippen LogP contribution >= 0.6 is 0 Å². The fourth-order valence-electron chi connectivity index (χ4n) is 2.17. The molecule has 0 fully saturated rings. The zero-order valence-electron chi connectivity index (χ0n) is 12.4. The number of benzene rings is 1. The molecule has 1 radical (unpaired) electrons. The van der Waals surface area contributed by atoms with Crippen LogP contribution in [-0.2, 0) is 13.0 Å². The average Bonchev–Trinajstić information content (AvgIpc) is 2.38. The molecule has 18 heavy (non-hydrogen) atoms. The van der Waals surface area contributed by atoms with E-state index in [1.165, 1.54) is 30.4 Å². The largest absolute Gasteiger partial charge is 0.310 e. The summed E-state index contributed by atoms with van der Waals surface area (Å²) in [5, 5.41) is 3.64. The Bertz CT molecular complexity index is 326. The fourth-order valence-corrected chi connectivity index (χ4v) is 2.17. The highest BCUT2D eigenvalue weighted by atomic mass is 14.9. The van der Waals surface area contributed by atoms with E-state index in [2.05, 4.69) is 51.2 Å². The predicted molar refractivity (Wildman–Crippen MR) is 79.6 cm³/mol. The van der Waals surface area contributed by atoms with Crippen molar-refractivity contribution in [3.8, 4) is 0 Å². The molecule has 0 unspecified atom stereocenters. The van der Waals surface area contributed by atoms with E-state index in [9.17, 15) is 0 Å². The lowest BCUT2D eigenvalue weighted by Gasteiger charge is -2.17. The molecule has 1 rings (SSSR count). The Labute approximate surface area is 113 Å². The summed E-state index contributed by atoms with van der Waals surface area (Å²) < 4.78 is 0. The maximum Gasteiger partial charge on any atom is 0.0211 e. The van der Waals surface area contributed by atoms with E-state index in [1.807, 2.05) is 6.07 Å². The van der Waals surface area contributed by atoms with Crippen LogP contribution < -0.4 is 5.32 Å². The van der Waals surface area contributed by atoms with E-state index in [0.29, 0.717) is 6.04 Å². The van der Waals surface area contributed by atoms with E-state index in [0.717, 1.165) is 18.9 Å². The molecule has 0 amide bonds. The quantitative estimate of drug-likeness (QED) is 0.719. The second-order valence-corrected chi connectivity index (χ2v) is 5.50. The molecule has 0 heterocycles. The molecule has 101 valence electrons. The standard InChI is InChI=1S/C17H28N/c1-5-17(6-2)18-13-16-10-8-7-9-15(16)12-11-14(3)4/h7-8,10,14,17-18H,5-6,11-13H2,1-4H3. The summed E-state index contributed by atoms with van der Waals surface area (Å²) >= 11 is 0. The highest BCUT2D eigenvalue weighted by molar-refractivity contribution is 5.26. The topological polar surface area (TPSA) is 12.0 Å². The average molecular weight is 246 g/mol. The van der Waals surface area contributed by atoms with Crippen molar-refractivity contribution >= 4 is 0 Å². The molecule has 1 aromatic rings. The van der Waals surface area contributed by atoms with Crippen LogP contribution in [0.2, 0.25) is 0 Å². The van der Waals surface area contributed by atoms with Gasteiger partial charge in [0, 0.05) is 12.6 Å². The van der Waals surface area contributed by atoms with Crippen LogP contribution in [-0.4, -0.2) is 6.04 Å². The first kappa shape index (κ1) is 15.2. The van der Waals surface area contributed by atoms with Crippen LogP contribution in [0, 0.1) is 12.0 Å². The van der Waals surface area contributed by atoms with Crippen molar-refractivity contribution in [2.24, 2.45) is 5.92 Å². The van der Waals surface area contributed by atoms with Crippen molar-refractivity contribution < 1.29 is 0 Å². The lowest BCUT2D eigenvalue weighted by atomic mass is 9.98. The molecule has 1 N–H and O–H groups in total. The Balaban J connectivity index is 2.58. The van der Waals surface area contributed by atoms with Gasteiger partial charge < -0.3 is 5.32 Å². The molecule has 0 atom stereocenters. The maximum atomic E-state index is 3.64. The van der Waals surface area contributed by atoms with Gasteiger partial charge in [-0.05, 0) is 48.8 Å². The molecule has 0 spiro atoms. The minimum atomic E-state index is 0.642. The van der Waals surface area contributed by atoms with E-state index >= 15 is 0 Å². The Morgan fingerprint density at radius 2 is 1.94 bits per heavy atom. The van der Waals surface area contributed by atoms with E-state index in [4.69, 9.17) is 0 Å². The summed E-state index contributed by atoms with van der Waals surface area (Å²) in [6.45, 7) is 10.0. The minimum Gasteiger partial charge on any atom is -0.310 e. The van der Waals surface area contributed by atoms with Gasteiger partial charge in [0.25, 0.3) is 0 Å². The van der Waals surface area contributed by atoms with E-state index in [-0.39, 0.29) is 0 Å². The maximum absolute atomic E-state index is 3.64. The molecule has 0 bridgehead atoms. The van der Waals surface area contributed by atoms with Gasteiger partial charge in [-0.25, -0.2) is 0 Å². The Kier molecular flexibility index (Phi) is 7.04. The third kappa shape index (κ3) is 5.22. The molecule has 1 heteroatoms. The molecule has 0 aromatic heterocycles. The monoisotopic (exact) mass is 246 g/mol. The first-order chi connectivity index (χ1) is 8.67. The van der Waals surface area contributed by atoms with Gasteiger partial charge in [-0.1, -0.05) is 45.9 Å². The second kappa shape index (κ2) is 8.31. The number of hydrogen-bond donors (Lipinski definition) is 1. The number of nitrogens with one attached hydrogen (secondary N) is 1. The molecular weight excluding hydrogens is 218 g/mol. The van der Waals surface area contributed by atoms with Crippen LogP contribution in [0.15, 0.2) is 18.2 Å². The molecule has 0 saturated carbocycles. The van der Waals surface area contributed by atoms with Crippen molar-refractivity contribution in [2.45, 2.75) is 66.0 Å². The van der Waals surface area contributed by atoms with Gasteiger partial charge in [0.1, 0.15) is 0 Å². The molecular formula is C17H28N. The predicted octanol–water partition coefficient (Wildman–Crippen LogP) is 4.35. The van der Waals surface area contributed by atoms with E-state index in [1.54, 1.807) is 0 Å². The van der Waals surface area contributed by atoms with Crippen molar-refractivity contribution in [1.82, 2.24) is 5.32 Å². The number of rotatable bonds is 8. The zero-order chi connectivity index (χ0) is 13.4. The van der Waals surface area contributed by atoms with E-state index < -0.39 is 0 Å². The summed E-state index contributed by atoms with van der Waals surface area (Å²) in [7, 11) is 0. The first-order valence-corrected chi connectivity index (χ1v) is 7.39. The van der Waals surface area contributed by atoms with Gasteiger partial charge in [-0.15, -0.1) is 0 Å². The van der Waals surface area contributed by atoms with Gasteiger partial charge in [0.2, 0.25) is 0 Å². The van der Waals surface area contributed by atoms with Crippen LogP contribution in [0.4, 0.5) is 0 Å². The molecule has 0 saturated heterocycles. The minimum absolute atomic E-state index is 0.642. The first-order valence-electron chi connectivity index (χ1n) is 7.39. The normalized spacial score (nSPS) is 11.4. The van der Waals surface area contributed by atoms with Gasteiger partial charge in [0.15, 0.2) is 0 Å². The molecule has 0 aliphatic carbocycles. The third-order valence-corrected chi connectivity index (χ3v) is 3.58. The third-order valence-electron chi connectivity index (χ3n) is 3.58. The van der Waals surface area contributed by atoms with Crippen molar-refractivity contribution in [1.29, 1.82) is 0 Å². The smallest absolute Gasteiger partial charge is 0.0211 e. The number of aryl methyl sites for hydroxylation is 1. The molecule has 1 aromatic carbocycles. The fraction of sp³-hybridized carbons (Fsp3) is 0.647. The summed E-state index contributed by atoms with van der Waals surface area (Å²) in [6.07, 6.45) is 4.81. The highest BCUT2D eigenvalue weighted by Gasteiger charge is 2.06. The van der Waals surface area contributed by atoms with Gasteiger partial charge in [0.05, 0.1) is 0 Å². The van der Waals surface area contributed by atoms with Gasteiger partial charge >= 0.3 is 0 Å². The summed E-state index contributed by atoms with van der Waals surface area (Å²) in [4.78, 5) is 0. The lowest BCUT2D eigenvalue weighted by Crippen LogP contribution is -2.27. The zero-order valence-corrected chi connectivity index (χ0v) is 12.4. The molecule has 0 aliphatic heterocycles. The molecule has 0 aliphatic rings. The Morgan fingerprint density at radius 1 is 1.22 bits per heavy atom. The summed E-state index contributed by atoms with van der Waals surface area (Å²) in [5.74, 6) is 0.762. The Morgan fingerprint density at radius 3 is 2.56 bits per heavy atom. The van der Waals surface area contributed by atoms with Gasteiger partial charge in [-0.2, -0.15) is 0 Å². The van der Waals surface area contributed by atoms with Crippen LogP contribution in [0.25, 0.3) is 0 Å². The van der Waals surface area contributed by atoms with Crippen LogP contribution in [0.5, 0.6) is 0 Å². The van der Waals surface area contributed by atoms with Crippen molar-refractivity contribution in [3.63, 3.8) is 0 Å². The molecule has 1 nitrogen and oxygen atoms in total. The SMILES string of the molecule is CCC(CC)NCc1ccc[c]c1CCC(C)C. The van der Waals surface area contributed by atoms with Crippen molar-refractivity contribution in [2.75, 3.05) is 0 Å². The lowest BCUT2D eigenvalue weighted by molar-refractivity contribution is 0.482. The van der Waals surface area contributed by atoms with Gasteiger partial charge in [-0.3, -0.25) is 0 Å². The number of hydrogen-bond acceptors (Lipinski definition) is 1. The van der Waals surface area contributed by atoms with Crippen LogP contribution in [0.1, 0.15) is 58.1 Å². The van der Waals surface area contributed by atoms with Crippen LogP contribution in [0.3, 0.4) is 0 Å².